The van der Waals surface area contributed by atoms with E-state index in [1.165, 1.54) is 11.1 Å². The highest BCUT2D eigenvalue weighted by molar-refractivity contribution is 5.36. The normalized spacial score (nSPS) is 10.3. The summed E-state index contributed by atoms with van der Waals surface area (Å²) >= 11 is 0. The van der Waals surface area contributed by atoms with Crippen LogP contribution in [0.2, 0.25) is 0 Å². The van der Waals surface area contributed by atoms with Crippen LogP contribution in [-0.2, 0) is 12.8 Å². The maximum atomic E-state index is 5.89. The predicted molar refractivity (Wildman–Crippen MR) is 84.6 cm³/mol. The Bertz CT molecular complexity index is 680. The molecule has 0 atom stereocenters. The van der Waals surface area contributed by atoms with Crippen molar-refractivity contribution in [2.24, 2.45) is 0 Å². The predicted octanol–water partition coefficient (Wildman–Crippen LogP) is 4.66. The number of ether oxygens (including phenoxy) is 1. The molecule has 0 radical (unpaired) electrons. The number of para-hydroxylation sites is 1. The summed E-state index contributed by atoms with van der Waals surface area (Å²) in [5.74, 6) is 1.51. The number of hydrogen-bond donors (Lipinski definition) is 0. The van der Waals surface area contributed by atoms with Crippen molar-refractivity contribution in [1.82, 2.24) is 4.98 Å². The molecule has 1 aromatic heterocycles. The van der Waals surface area contributed by atoms with E-state index in [4.69, 9.17) is 4.74 Å². The fraction of sp³-hybridized carbons (Fsp3) is 0.105. The Hall–Kier alpha value is -2.61. The van der Waals surface area contributed by atoms with E-state index >= 15 is 0 Å². The summed E-state index contributed by atoms with van der Waals surface area (Å²) in [7, 11) is 0. The largest absolute Gasteiger partial charge is 0.439 e. The SMILES string of the molecule is c1ccc(CCc2ccccc2Oc2ccccn2)cc1. The average molecular weight is 275 g/mol. The van der Waals surface area contributed by atoms with Crippen LogP contribution in [0.5, 0.6) is 11.6 Å². The van der Waals surface area contributed by atoms with E-state index in [-0.39, 0.29) is 0 Å². The second-order valence-electron chi connectivity index (χ2n) is 4.86. The zero-order valence-corrected chi connectivity index (χ0v) is 11.8. The van der Waals surface area contributed by atoms with Crippen molar-refractivity contribution in [3.63, 3.8) is 0 Å². The first-order chi connectivity index (χ1) is 10.4. The second-order valence-corrected chi connectivity index (χ2v) is 4.86. The Morgan fingerprint density at radius 1 is 0.714 bits per heavy atom. The second kappa shape index (κ2) is 6.71. The Balaban J connectivity index is 1.73. The summed E-state index contributed by atoms with van der Waals surface area (Å²) < 4.78 is 5.89. The molecule has 0 unspecified atom stereocenters. The van der Waals surface area contributed by atoms with Crippen LogP contribution in [0.25, 0.3) is 0 Å². The lowest BCUT2D eigenvalue weighted by atomic mass is 10.0. The van der Waals surface area contributed by atoms with Gasteiger partial charge in [-0.1, -0.05) is 54.6 Å². The van der Waals surface area contributed by atoms with E-state index in [2.05, 4.69) is 35.3 Å². The number of aromatic nitrogens is 1. The fourth-order valence-electron chi connectivity index (χ4n) is 2.25. The summed E-state index contributed by atoms with van der Waals surface area (Å²) in [6.07, 6.45) is 3.69. The van der Waals surface area contributed by atoms with E-state index < -0.39 is 0 Å². The first kappa shape index (κ1) is 13.4. The summed E-state index contributed by atoms with van der Waals surface area (Å²) in [4.78, 5) is 4.21. The molecule has 3 rings (SSSR count). The van der Waals surface area contributed by atoms with Crippen molar-refractivity contribution < 1.29 is 4.74 Å². The van der Waals surface area contributed by atoms with Gasteiger partial charge in [0, 0.05) is 12.3 Å². The average Bonchev–Trinajstić information content (AvgIpc) is 2.56. The van der Waals surface area contributed by atoms with Gasteiger partial charge in [-0.15, -0.1) is 0 Å². The maximum absolute atomic E-state index is 5.89. The maximum Gasteiger partial charge on any atom is 0.219 e. The van der Waals surface area contributed by atoms with Crippen LogP contribution < -0.4 is 4.74 Å². The molecule has 2 aromatic carbocycles. The molecule has 2 heteroatoms. The molecular weight excluding hydrogens is 258 g/mol. The molecule has 0 spiro atoms. The van der Waals surface area contributed by atoms with Gasteiger partial charge in [0.05, 0.1) is 0 Å². The van der Waals surface area contributed by atoms with Gasteiger partial charge in [-0.25, -0.2) is 4.98 Å². The molecule has 0 aliphatic heterocycles. The van der Waals surface area contributed by atoms with Crippen molar-refractivity contribution >= 4 is 0 Å². The van der Waals surface area contributed by atoms with Crippen molar-refractivity contribution in [3.05, 3.63) is 90.1 Å². The van der Waals surface area contributed by atoms with E-state index in [1.54, 1.807) is 6.20 Å². The highest BCUT2D eigenvalue weighted by atomic mass is 16.5. The third-order valence-electron chi connectivity index (χ3n) is 3.35. The van der Waals surface area contributed by atoms with Gasteiger partial charge in [-0.3, -0.25) is 0 Å². The third-order valence-corrected chi connectivity index (χ3v) is 3.35. The molecular formula is C19H17NO. The third kappa shape index (κ3) is 3.69. The van der Waals surface area contributed by atoms with Gasteiger partial charge in [0.2, 0.25) is 5.88 Å². The molecule has 0 saturated heterocycles. The van der Waals surface area contributed by atoms with Gasteiger partial charge in [-0.05, 0) is 36.1 Å². The monoisotopic (exact) mass is 275 g/mol. The van der Waals surface area contributed by atoms with Crippen molar-refractivity contribution in [2.45, 2.75) is 12.8 Å². The highest BCUT2D eigenvalue weighted by Gasteiger charge is 2.05. The summed E-state index contributed by atoms with van der Waals surface area (Å²) in [5, 5.41) is 0. The molecule has 0 N–H and O–H groups in total. The minimum Gasteiger partial charge on any atom is -0.439 e. The number of nitrogens with zero attached hydrogens (tertiary/aromatic N) is 1. The molecule has 104 valence electrons. The Morgan fingerprint density at radius 3 is 2.29 bits per heavy atom. The standard InChI is InChI=1S/C19H17NO/c1-2-8-16(9-3-1)13-14-17-10-4-5-11-18(17)21-19-12-6-7-15-20-19/h1-12,15H,13-14H2. The lowest BCUT2D eigenvalue weighted by Crippen LogP contribution is -1.96. The minimum absolute atomic E-state index is 0.629. The molecule has 0 aliphatic carbocycles. The molecule has 1 heterocycles. The number of pyridine rings is 1. The number of rotatable bonds is 5. The van der Waals surface area contributed by atoms with Crippen LogP contribution in [0.15, 0.2) is 79.0 Å². The Morgan fingerprint density at radius 2 is 1.48 bits per heavy atom. The summed E-state index contributed by atoms with van der Waals surface area (Å²) in [5.41, 5.74) is 2.54. The van der Waals surface area contributed by atoms with Crippen LogP contribution in [0.3, 0.4) is 0 Å². The van der Waals surface area contributed by atoms with Gasteiger partial charge < -0.3 is 4.74 Å². The Kier molecular flexibility index (Phi) is 4.27. The van der Waals surface area contributed by atoms with Crippen molar-refractivity contribution in [1.29, 1.82) is 0 Å². The van der Waals surface area contributed by atoms with E-state index in [0.29, 0.717) is 5.88 Å². The van der Waals surface area contributed by atoms with Crippen LogP contribution in [-0.4, -0.2) is 4.98 Å². The molecule has 0 fully saturated rings. The minimum atomic E-state index is 0.629. The van der Waals surface area contributed by atoms with Gasteiger partial charge in [-0.2, -0.15) is 0 Å². The molecule has 0 aliphatic rings. The van der Waals surface area contributed by atoms with Crippen LogP contribution in [0.4, 0.5) is 0 Å². The summed E-state index contributed by atoms with van der Waals surface area (Å²) in [6.45, 7) is 0. The van der Waals surface area contributed by atoms with Gasteiger partial charge >= 0.3 is 0 Å². The number of benzene rings is 2. The van der Waals surface area contributed by atoms with E-state index in [9.17, 15) is 0 Å². The van der Waals surface area contributed by atoms with Crippen LogP contribution >= 0.6 is 0 Å². The number of hydrogen-bond acceptors (Lipinski definition) is 2. The van der Waals surface area contributed by atoms with Crippen LogP contribution in [0.1, 0.15) is 11.1 Å². The van der Waals surface area contributed by atoms with Gasteiger partial charge in [0.15, 0.2) is 0 Å². The molecule has 21 heavy (non-hydrogen) atoms. The molecule has 0 saturated carbocycles. The number of aryl methyl sites for hydroxylation is 2. The van der Waals surface area contributed by atoms with E-state index in [0.717, 1.165) is 18.6 Å². The van der Waals surface area contributed by atoms with Crippen molar-refractivity contribution in [3.8, 4) is 11.6 Å². The van der Waals surface area contributed by atoms with Gasteiger partial charge in [0.25, 0.3) is 0 Å². The fourth-order valence-corrected chi connectivity index (χ4v) is 2.25. The smallest absolute Gasteiger partial charge is 0.219 e. The summed E-state index contributed by atoms with van der Waals surface area (Å²) in [6, 6.07) is 24.3. The van der Waals surface area contributed by atoms with Crippen molar-refractivity contribution in [2.75, 3.05) is 0 Å². The van der Waals surface area contributed by atoms with Crippen LogP contribution in [0, 0.1) is 0 Å². The first-order valence-corrected chi connectivity index (χ1v) is 7.12. The first-order valence-electron chi connectivity index (χ1n) is 7.12. The zero-order chi connectivity index (χ0) is 14.3. The lowest BCUT2D eigenvalue weighted by Gasteiger charge is -2.10. The molecule has 2 nitrogen and oxygen atoms in total. The zero-order valence-electron chi connectivity index (χ0n) is 11.8. The molecule has 0 amide bonds. The van der Waals surface area contributed by atoms with E-state index in [1.807, 2.05) is 42.5 Å². The highest BCUT2D eigenvalue weighted by Crippen LogP contribution is 2.24. The molecule has 3 aromatic rings. The Labute approximate surface area is 125 Å². The molecule has 0 bridgehead atoms. The quantitative estimate of drug-likeness (QED) is 0.675. The van der Waals surface area contributed by atoms with Gasteiger partial charge in [0.1, 0.15) is 5.75 Å². The lowest BCUT2D eigenvalue weighted by molar-refractivity contribution is 0.457. The topological polar surface area (TPSA) is 22.1 Å².